The van der Waals surface area contributed by atoms with Crippen LogP contribution in [0.15, 0.2) is 18.2 Å². The molecule has 1 fully saturated rings. The van der Waals surface area contributed by atoms with Gasteiger partial charge in [-0.2, -0.15) is 0 Å². The minimum absolute atomic E-state index is 0.00230. The first kappa shape index (κ1) is 15.2. The third-order valence-corrected chi connectivity index (χ3v) is 4.01. The number of hydrogen-bond donors (Lipinski definition) is 2. The van der Waals surface area contributed by atoms with Crippen molar-refractivity contribution in [1.82, 2.24) is 5.32 Å². The minimum atomic E-state index is -0.896. The highest BCUT2D eigenvalue weighted by atomic mass is 35.5. The molecule has 0 saturated carbocycles. The molecule has 1 aliphatic rings. The molecule has 0 spiro atoms. The largest absolute Gasteiger partial charge is 0.386 e. The molecule has 0 aromatic heterocycles. The first-order chi connectivity index (χ1) is 9.42. The third kappa shape index (κ3) is 3.27. The number of ether oxygens (including phenoxy) is 1. The molecule has 20 heavy (non-hydrogen) atoms. The number of halogens is 1. The molecule has 1 heterocycles. The van der Waals surface area contributed by atoms with Gasteiger partial charge in [0.15, 0.2) is 0 Å². The Labute approximate surface area is 121 Å². The van der Waals surface area contributed by atoms with Crippen molar-refractivity contribution in [3.63, 3.8) is 0 Å². The van der Waals surface area contributed by atoms with Crippen LogP contribution < -0.4 is 5.32 Å². The highest BCUT2D eigenvalue weighted by Gasteiger charge is 2.38. The maximum Gasteiger partial charge on any atom is 0.269 e. The number of non-ortho nitro benzene ring substituents is 1. The summed E-state index contributed by atoms with van der Waals surface area (Å²) in [5.74, 6) is 0. The molecule has 1 aliphatic heterocycles. The molecule has 2 N–H and O–H groups in total. The summed E-state index contributed by atoms with van der Waals surface area (Å²) in [6, 6.07) is 4.31. The quantitative estimate of drug-likeness (QED) is 0.640. The zero-order valence-corrected chi connectivity index (χ0v) is 11.9. The minimum Gasteiger partial charge on any atom is -0.386 e. The summed E-state index contributed by atoms with van der Waals surface area (Å²) in [6.07, 6.45) is 0.347. The number of rotatable bonds is 5. The molecular weight excluding hydrogens is 284 g/mol. The number of benzene rings is 1. The number of hydrogen-bond acceptors (Lipinski definition) is 5. The van der Waals surface area contributed by atoms with Gasteiger partial charge in [0, 0.05) is 43.3 Å². The predicted octanol–water partition coefficient (Wildman–Crippen LogP) is 1.88. The average molecular weight is 301 g/mol. The molecule has 6 nitrogen and oxygen atoms in total. The van der Waals surface area contributed by atoms with Gasteiger partial charge in [-0.1, -0.05) is 11.6 Å². The van der Waals surface area contributed by atoms with Crippen LogP contribution in [-0.4, -0.2) is 34.9 Å². The molecule has 1 saturated heterocycles. The summed E-state index contributed by atoms with van der Waals surface area (Å²) in [6.45, 7) is 3.08. The smallest absolute Gasteiger partial charge is 0.269 e. The lowest BCUT2D eigenvalue weighted by atomic mass is 9.96. The van der Waals surface area contributed by atoms with E-state index in [4.69, 9.17) is 16.3 Å². The van der Waals surface area contributed by atoms with E-state index >= 15 is 0 Å². The van der Waals surface area contributed by atoms with Crippen molar-refractivity contribution in [2.24, 2.45) is 0 Å². The molecular formula is C13H17ClN2O4. The summed E-state index contributed by atoms with van der Waals surface area (Å²) in [5, 5.41) is 24.6. The van der Waals surface area contributed by atoms with Crippen molar-refractivity contribution >= 4 is 17.3 Å². The standard InChI is InChI=1S/C13H17ClN2O4/c1-9-13(17,4-5-20-9)8-15-7-10-6-11(16(18)19)2-3-12(10)14/h2-3,6,9,15,17H,4-5,7-8H2,1H3. The number of nitrogens with one attached hydrogen (secondary N) is 1. The molecule has 0 radical (unpaired) electrons. The fraction of sp³-hybridized carbons (Fsp3) is 0.538. The highest BCUT2D eigenvalue weighted by molar-refractivity contribution is 6.31. The van der Waals surface area contributed by atoms with E-state index in [0.29, 0.717) is 36.7 Å². The van der Waals surface area contributed by atoms with Crippen LogP contribution in [0.25, 0.3) is 0 Å². The Balaban J connectivity index is 1.97. The van der Waals surface area contributed by atoms with Crippen molar-refractivity contribution in [1.29, 1.82) is 0 Å². The monoisotopic (exact) mass is 300 g/mol. The molecule has 0 aliphatic carbocycles. The summed E-state index contributed by atoms with van der Waals surface area (Å²) in [7, 11) is 0. The van der Waals surface area contributed by atoms with E-state index in [-0.39, 0.29) is 11.8 Å². The van der Waals surface area contributed by atoms with Crippen molar-refractivity contribution < 1.29 is 14.8 Å². The lowest BCUT2D eigenvalue weighted by Gasteiger charge is -2.26. The SMILES string of the molecule is CC1OCCC1(O)CNCc1cc([N+](=O)[O-])ccc1Cl. The third-order valence-electron chi connectivity index (χ3n) is 3.65. The molecule has 0 amide bonds. The van der Waals surface area contributed by atoms with E-state index in [1.807, 2.05) is 6.92 Å². The molecule has 2 rings (SSSR count). The summed E-state index contributed by atoms with van der Waals surface area (Å²) < 4.78 is 5.34. The Morgan fingerprint density at radius 3 is 3.00 bits per heavy atom. The second kappa shape index (κ2) is 6.05. The van der Waals surface area contributed by atoms with Crippen LogP contribution in [0.5, 0.6) is 0 Å². The van der Waals surface area contributed by atoms with Crippen LogP contribution in [-0.2, 0) is 11.3 Å². The fourth-order valence-corrected chi connectivity index (χ4v) is 2.41. The van der Waals surface area contributed by atoms with Crippen molar-refractivity contribution in [3.8, 4) is 0 Å². The number of aliphatic hydroxyl groups is 1. The normalized spacial score (nSPS) is 25.9. The summed E-state index contributed by atoms with van der Waals surface area (Å²) >= 11 is 6.01. The highest BCUT2D eigenvalue weighted by Crippen LogP contribution is 2.26. The van der Waals surface area contributed by atoms with Gasteiger partial charge < -0.3 is 15.2 Å². The lowest BCUT2D eigenvalue weighted by molar-refractivity contribution is -0.384. The summed E-state index contributed by atoms with van der Waals surface area (Å²) in [5.41, 5.74) is -0.258. The Hall–Kier alpha value is -1.21. The topological polar surface area (TPSA) is 84.6 Å². The van der Waals surface area contributed by atoms with E-state index in [2.05, 4.69) is 5.32 Å². The van der Waals surface area contributed by atoms with Gasteiger partial charge in [0.25, 0.3) is 5.69 Å². The van der Waals surface area contributed by atoms with Crippen LogP contribution in [0.3, 0.4) is 0 Å². The second-order valence-corrected chi connectivity index (χ2v) is 5.41. The van der Waals surface area contributed by atoms with E-state index in [0.717, 1.165) is 0 Å². The number of nitro groups is 1. The zero-order chi connectivity index (χ0) is 14.8. The van der Waals surface area contributed by atoms with Crippen molar-refractivity contribution in [2.75, 3.05) is 13.2 Å². The Morgan fingerprint density at radius 2 is 2.40 bits per heavy atom. The number of nitrogens with zero attached hydrogens (tertiary/aromatic N) is 1. The van der Waals surface area contributed by atoms with Crippen molar-refractivity contribution in [3.05, 3.63) is 38.9 Å². The molecule has 2 atom stereocenters. The first-order valence-corrected chi connectivity index (χ1v) is 6.78. The van der Waals surface area contributed by atoms with Gasteiger partial charge >= 0.3 is 0 Å². The van der Waals surface area contributed by atoms with E-state index in [9.17, 15) is 15.2 Å². The Morgan fingerprint density at radius 1 is 1.65 bits per heavy atom. The Kier molecular flexibility index (Phi) is 4.59. The maximum absolute atomic E-state index is 10.7. The molecule has 1 aromatic rings. The van der Waals surface area contributed by atoms with Gasteiger partial charge in [0.05, 0.1) is 11.0 Å². The maximum atomic E-state index is 10.7. The van der Waals surface area contributed by atoms with Gasteiger partial charge in [-0.15, -0.1) is 0 Å². The lowest BCUT2D eigenvalue weighted by Crippen LogP contribution is -2.45. The molecule has 1 aromatic carbocycles. The molecule has 2 unspecified atom stereocenters. The first-order valence-electron chi connectivity index (χ1n) is 6.40. The zero-order valence-electron chi connectivity index (χ0n) is 11.1. The second-order valence-electron chi connectivity index (χ2n) is 5.00. The average Bonchev–Trinajstić information content (AvgIpc) is 2.72. The molecule has 7 heteroatoms. The van der Waals surface area contributed by atoms with Crippen LogP contribution in [0.4, 0.5) is 5.69 Å². The van der Waals surface area contributed by atoms with Gasteiger partial charge in [0.2, 0.25) is 0 Å². The van der Waals surface area contributed by atoms with E-state index < -0.39 is 10.5 Å². The van der Waals surface area contributed by atoms with E-state index in [1.54, 1.807) is 0 Å². The molecule has 0 bridgehead atoms. The van der Waals surface area contributed by atoms with E-state index in [1.165, 1.54) is 18.2 Å². The van der Waals surface area contributed by atoms with Gasteiger partial charge in [-0.25, -0.2) is 0 Å². The van der Waals surface area contributed by atoms with Crippen LogP contribution in [0, 0.1) is 10.1 Å². The Bertz CT molecular complexity index is 511. The van der Waals surface area contributed by atoms with Crippen molar-refractivity contribution in [2.45, 2.75) is 31.6 Å². The van der Waals surface area contributed by atoms with Crippen LogP contribution in [0.1, 0.15) is 18.9 Å². The number of nitro benzene ring substituents is 1. The molecule has 110 valence electrons. The fourth-order valence-electron chi connectivity index (χ4n) is 2.23. The van der Waals surface area contributed by atoms with Crippen LogP contribution >= 0.6 is 11.6 Å². The van der Waals surface area contributed by atoms with Gasteiger partial charge in [-0.05, 0) is 18.6 Å². The summed E-state index contributed by atoms with van der Waals surface area (Å²) in [4.78, 5) is 10.3. The van der Waals surface area contributed by atoms with Gasteiger partial charge in [-0.3, -0.25) is 10.1 Å². The van der Waals surface area contributed by atoms with Gasteiger partial charge in [0.1, 0.15) is 5.60 Å². The predicted molar refractivity (Wildman–Crippen MR) is 74.8 cm³/mol. The van der Waals surface area contributed by atoms with Crippen LogP contribution in [0.2, 0.25) is 5.02 Å².